The van der Waals surface area contributed by atoms with Crippen LogP contribution in [0, 0.1) is 5.92 Å². The van der Waals surface area contributed by atoms with Crippen LogP contribution in [0.5, 0.6) is 0 Å². The summed E-state index contributed by atoms with van der Waals surface area (Å²) in [5.74, 6) is -0.377. The van der Waals surface area contributed by atoms with Crippen LogP contribution in [0.25, 0.3) is 0 Å². The Hall–Kier alpha value is -2.41. The number of aromatic nitrogens is 1. The molecule has 25 heavy (non-hydrogen) atoms. The van der Waals surface area contributed by atoms with Crippen molar-refractivity contribution < 1.29 is 14.3 Å². The summed E-state index contributed by atoms with van der Waals surface area (Å²) in [4.78, 5) is 30.9. The van der Waals surface area contributed by atoms with Gasteiger partial charge < -0.3 is 15.0 Å². The van der Waals surface area contributed by atoms with Crippen molar-refractivity contribution in [3.8, 4) is 0 Å². The van der Waals surface area contributed by atoms with E-state index in [1.807, 2.05) is 11.6 Å². The first-order valence-corrected chi connectivity index (χ1v) is 9.17. The molecule has 0 saturated carbocycles. The lowest BCUT2D eigenvalue weighted by Crippen LogP contribution is -2.41. The molecule has 2 aromatic rings. The highest BCUT2D eigenvalue weighted by Gasteiger charge is 2.23. The number of ether oxygens (including phenoxy) is 1. The Kier molecular flexibility index (Phi) is 5.65. The summed E-state index contributed by atoms with van der Waals surface area (Å²) < 4.78 is 4.75. The van der Waals surface area contributed by atoms with E-state index in [1.165, 1.54) is 7.11 Å². The number of carbonyl (C=O) groups is 2. The van der Waals surface area contributed by atoms with E-state index < -0.39 is 5.97 Å². The van der Waals surface area contributed by atoms with Gasteiger partial charge >= 0.3 is 5.97 Å². The highest BCUT2D eigenvalue weighted by Crippen LogP contribution is 2.24. The van der Waals surface area contributed by atoms with Crippen LogP contribution in [-0.4, -0.2) is 43.6 Å². The number of nitrogens with zero attached hydrogens (tertiary/aromatic N) is 2. The first kappa shape index (κ1) is 17.4. The number of hydrogen-bond donors (Lipinski definition) is 1. The number of carbonyl (C=O) groups excluding carboxylic acids is 2. The monoisotopic (exact) mass is 359 g/mol. The first-order valence-electron chi connectivity index (χ1n) is 8.29. The zero-order chi connectivity index (χ0) is 17.6. The minimum atomic E-state index is -0.502. The SMILES string of the molecule is COC(=O)c1ccccc1C(=O)NCC1CCCN(c2nccs2)C1. The second kappa shape index (κ2) is 8.11. The molecule has 1 N–H and O–H groups in total. The first-order chi connectivity index (χ1) is 12.2. The third kappa shape index (κ3) is 4.17. The fraction of sp³-hybridized carbons (Fsp3) is 0.389. The molecule has 2 heterocycles. The van der Waals surface area contributed by atoms with E-state index >= 15 is 0 Å². The van der Waals surface area contributed by atoms with E-state index in [2.05, 4.69) is 15.2 Å². The summed E-state index contributed by atoms with van der Waals surface area (Å²) >= 11 is 1.64. The predicted octanol–water partition coefficient (Wildman–Crippen LogP) is 2.58. The number of rotatable bonds is 5. The van der Waals surface area contributed by atoms with Gasteiger partial charge in [0.15, 0.2) is 5.13 Å². The topological polar surface area (TPSA) is 71.5 Å². The highest BCUT2D eigenvalue weighted by molar-refractivity contribution is 7.13. The third-order valence-electron chi connectivity index (χ3n) is 4.34. The number of benzene rings is 1. The molecule has 1 fully saturated rings. The van der Waals surface area contributed by atoms with Crippen molar-refractivity contribution in [2.24, 2.45) is 5.92 Å². The molecule has 0 radical (unpaired) electrons. The number of esters is 1. The Balaban J connectivity index is 1.60. The summed E-state index contributed by atoms with van der Waals surface area (Å²) in [5.41, 5.74) is 0.637. The maximum Gasteiger partial charge on any atom is 0.338 e. The Bertz CT molecular complexity index is 733. The molecule has 0 bridgehead atoms. The fourth-order valence-corrected chi connectivity index (χ4v) is 3.76. The van der Waals surface area contributed by atoms with Gasteiger partial charge in [0.25, 0.3) is 5.91 Å². The van der Waals surface area contributed by atoms with Crippen molar-refractivity contribution in [1.82, 2.24) is 10.3 Å². The Morgan fingerprint density at radius 1 is 1.36 bits per heavy atom. The second-order valence-electron chi connectivity index (χ2n) is 6.02. The number of piperidine rings is 1. The number of methoxy groups -OCH3 is 1. The molecule has 1 saturated heterocycles. The van der Waals surface area contributed by atoms with Gasteiger partial charge in [-0.3, -0.25) is 4.79 Å². The minimum absolute atomic E-state index is 0.243. The van der Waals surface area contributed by atoms with Crippen LogP contribution >= 0.6 is 11.3 Å². The lowest BCUT2D eigenvalue weighted by Gasteiger charge is -2.32. The van der Waals surface area contributed by atoms with Crippen LogP contribution in [0.3, 0.4) is 0 Å². The van der Waals surface area contributed by atoms with Crippen LogP contribution in [0.2, 0.25) is 0 Å². The average Bonchev–Trinajstić information content (AvgIpc) is 3.20. The van der Waals surface area contributed by atoms with Gasteiger partial charge in [0.2, 0.25) is 0 Å². The summed E-state index contributed by atoms with van der Waals surface area (Å²) in [6, 6.07) is 6.71. The molecule has 6 nitrogen and oxygen atoms in total. The number of hydrogen-bond acceptors (Lipinski definition) is 6. The fourth-order valence-electron chi connectivity index (χ4n) is 3.08. The van der Waals surface area contributed by atoms with Crippen LogP contribution in [0.15, 0.2) is 35.8 Å². The molecule has 1 aromatic carbocycles. The van der Waals surface area contributed by atoms with Crippen LogP contribution in [-0.2, 0) is 4.74 Å². The Morgan fingerprint density at radius 2 is 2.16 bits per heavy atom. The van der Waals surface area contributed by atoms with Crippen molar-refractivity contribution in [2.45, 2.75) is 12.8 Å². The zero-order valence-corrected chi connectivity index (χ0v) is 14.9. The molecule has 1 unspecified atom stereocenters. The third-order valence-corrected chi connectivity index (χ3v) is 5.17. The van der Waals surface area contributed by atoms with Crippen molar-refractivity contribution in [3.05, 3.63) is 47.0 Å². The molecule has 1 atom stereocenters. The van der Waals surface area contributed by atoms with E-state index in [0.29, 0.717) is 18.0 Å². The van der Waals surface area contributed by atoms with E-state index in [-0.39, 0.29) is 11.5 Å². The second-order valence-corrected chi connectivity index (χ2v) is 6.89. The van der Waals surface area contributed by atoms with E-state index in [1.54, 1.807) is 35.6 Å². The summed E-state index contributed by atoms with van der Waals surface area (Å²) in [5, 5.41) is 5.97. The van der Waals surface area contributed by atoms with Gasteiger partial charge in [0.05, 0.1) is 18.2 Å². The molecular weight excluding hydrogens is 338 g/mol. The zero-order valence-electron chi connectivity index (χ0n) is 14.1. The molecule has 3 rings (SSSR count). The predicted molar refractivity (Wildman–Crippen MR) is 97.2 cm³/mol. The van der Waals surface area contributed by atoms with Crippen molar-refractivity contribution in [1.29, 1.82) is 0 Å². The number of thiazole rings is 1. The molecule has 1 aliphatic heterocycles. The van der Waals surface area contributed by atoms with E-state index in [4.69, 9.17) is 4.74 Å². The smallest absolute Gasteiger partial charge is 0.338 e. The normalized spacial score (nSPS) is 17.2. The molecular formula is C18H21N3O3S. The molecule has 0 spiro atoms. The van der Waals surface area contributed by atoms with E-state index in [0.717, 1.165) is 31.1 Å². The summed E-state index contributed by atoms with van der Waals surface area (Å²) in [6.45, 7) is 2.46. The Labute approximate surface area is 150 Å². The maximum absolute atomic E-state index is 12.5. The minimum Gasteiger partial charge on any atom is -0.465 e. The van der Waals surface area contributed by atoms with Gasteiger partial charge in [-0.15, -0.1) is 11.3 Å². The quantitative estimate of drug-likeness (QED) is 0.831. The molecule has 7 heteroatoms. The average molecular weight is 359 g/mol. The lowest BCUT2D eigenvalue weighted by atomic mass is 9.98. The lowest BCUT2D eigenvalue weighted by molar-refractivity contribution is 0.0596. The number of amides is 1. The largest absolute Gasteiger partial charge is 0.465 e. The molecule has 1 aromatic heterocycles. The van der Waals surface area contributed by atoms with Gasteiger partial charge in [0.1, 0.15) is 0 Å². The Morgan fingerprint density at radius 3 is 2.88 bits per heavy atom. The van der Waals surface area contributed by atoms with Crippen LogP contribution in [0.4, 0.5) is 5.13 Å². The van der Waals surface area contributed by atoms with Gasteiger partial charge in [-0.1, -0.05) is 12.1 Å². The summed E-state index contributed by atoms with van der Waals surface area (Å²) in [6.07, 6.45) is 3.97. The van der Waals surface area contributed by atoms with Crippen LogP contribution in [0.1, 0.15) is 33.6 Å². The van der Waals surface area contributed by atoms with Gasteiger partial charge in [-0.05, 0) is 30.9 Å². The van der Waals surface area contributed by atoms with Gasteiger partial charge in [-0.25, -0.2) is 9.78 Å². The maximum atomic E-state index is 12.5. The van der Waals surface area contributed by atoms with E-state index in [9.17, 15) is 9.59 Å². The highest BCUT2D eigenvalue weighted by atomic mass is 32.1. The summed E-state index contributed by atoms with van der Waals surface area (Å²) in [7, 11) is 1.31. The molecule has 132 valence electrons. The van der Waals surface area contributed by atoms with Crippen molar-refractivity contribution >= 4 is 28.3 Å². The molecule has 0 aliphatic carbocycles. The standard InChI is InChI=1S/C18H21N3O3S/c1-24-17(23)15-7-3-2-6-14(15)16(22)20-11-13-5-4-9-21(12-13)18-19-8-10-25-18/h2-3,6-8,10,13H,4-5,9,11-12H2,1H3,(H,20,22). The van der Waals surface area contributed by atoms with Gasteiger partial charge in [-0.2, -0.15) is 0 Å². The van der Waals surface area contributed by atoms with Crippen molar-refractivity contribution in [3.63, 3.8) is 0 Å². The molecule has 1 amide bonds. The van der Waals surface area contributed by atoms with Crippen LogP contribution < -0.4 is 10.2 Å². The number of anilines is 1. The number of nitrogens with one attached hydrogen (secondary N) is 1. The van der Waals surface area contributed by atoms with Gasteiger partial charge in [0, 0.05) is 31.2 Å². The molecule has 1 aliphatic rings. The van der Waals surface area contributed by atoms with Crippen molar-refractivity contribution in [2.75, 3.05) is 31.6 Å².